The van der Waals surface area contributed by atoms with Crippen molar-refractivity contribution in [1.82, 2.24) is 15.5 Å². The predicted octanol–water partition coefficient (Wildman–Crippen LogP) is 1.95. The molecule has 0 aromatic heterocycles. The minimum absolute atomic E-state index is 0.0137. The van der Waals surface area contributed by atoms with Crippen LogP contribution in [0.4, 0.5) is 4.79 Å². The summed E-state index contributed by atoms with van der Waals surface area (Å²) < 4.78 is 28.3. The number of ether oxygens (including phenoxy) is 1. The fraction of sp³-hybridized carbons (Fsp3) is 0.636. The second kappa shape index (κ2) is 12.0. The number of carbonyl (C=O) groups is 2. The molecule has 31 heavy (non-hydrogen) atoms. The van der Waals surface area contributed by atoms with Gasteiger partial charge < -0.3 is 15.4 Å². The first-order valence-corrected chi connectivity index (χ1v) is 12.9. The van der Waals surface area contributed by atoms with E-state index in [0.717, 1.165) is 31.3 Å². The average molecular weight is 454 g/mol. The third-order valence-electron chi connectivity index (χ3n) is 5.48. The Hall–Kier alpha value is -2.13. The molecule has 0 saturated carbocycles. The second-order valence-electron chi connectivity index (χ2n) is 8.51. The Morgan fingerprint density at radius 3 is 2.61 bits per heavy atom. The summed E-state index contributed by atoms with van der Waals surface area (Å²) in [6.45, 7) is 6.79. The van der Waals surface area contributed by atoms with E-state index in [1.165, 1.54) is 6.42 Å². The van der Waals surface area contributed by atoms with Crippen molar-refractivity contribution in [2.45, 2.75) is 51.8 Å². The van der Waals surface area contributed by atoms with Gasteiger partial charge in [-0.25, -0.2) is 13.2 Å². The number of hydrogen-bond donors (Lipinski definition) is 2. The monoisotopic (exact) mass is 453 g/mol. The number of alkyl carbamates (subject to hydrolysis) is 1. The zero-order valence-corrected chi connectivity index (χ0v) is 19.5. The fourth-order valence-corrected chi connectivity index (χ4v) is 4.30. The van der Waals surface area contributed by atoms with Crippen molar-refractivity contribution in [3.63, 3.8) is 0 Å². The second-order valence-corrected chi connectivity index (χ2v) is 10.8. The maximum Gasteiger partial charge on any atom is 0.408 e. The van der Waals surface area contributed by atoms with Gasteiger partial charge in [0.2, 0.25) is 5.91 Å². The molecule has 1 aromatic rings. The maximum absolute atomic E-state index is 12.7. The molecule has 174 valence electrons. The molecule has 1 aliphatic rings. The van der Waals surface area contributed by atoms with E-state index in [4.69, 9.17) is 4.74 Å². The number of rotatable bonds is 10. The summed E-state index contributed by atoms with van der Waals surface area (Å²) in [7, 11) is -3.28. The highest BCUT2D eigenvalue weighted by molar-refractivity contribution is 7.90. The van der Waals surface area contributed by atoms with Crippen LogP contribution in [-0.2, 0) is 26.0 Å². The number of carbonyl (C=O) groups excluding carboxylic acids is 2. The van der Waals surface area contributed by atoms with Gasteiger partial charge in [-0.15, -0.1) is 0 Å². The lowest BCUT2D eigenvalue weighted by Crippen LogP contribution is -2.51. The van der Waals surface area contributed by atoms with E-state index in [1.54, 1.807) is 0 Å². The van der Waals surface area contributed by atoms with Gasteiger partial charge in [0.15, 0.2) is 0 Å². The van der Waals surface area contributed by atoms with Crippen LogP contribution in [0.1, 0.15) is 38.7 Å². The van der Waals surface area contributed by atoms with Crippen LogP contribution in [0.15, 0.2) is 30.3 Å². The van der Waals surface area contributed by atoms with Crippen molar-refractivity contribution in [2.75, 3.05) is 31.6 Å². The van der Waals surface area contributed by atoms with Crippen LogP contribution in [0.2, 0.25) is 0 Å². The molecule has 8 nitrogen and oxygen atoms in total. The van der Waals surface area contributed by atoms with E-state index in [9.17, 15) is 18.0 Å². The predicted molar refractivity (Wildman–Crippen MR) is 120 cm³/mol. The van der Waals surface area contributed by atoms with Gasteiger partial charge in [0.1, 0.15) is 22.5 Å². The van der Waals surface area contributed by atoms with Gasteiger partial charge in [-0.05, 0) is 44.2 Å². The number of hydrogen-bond acceptors (Lipinski definition) is 6. The zero-order chi connectivity index (χ0) is 22.9. The Balaban J connectivity index is 1.89. The van der Waals surface area contributed by atoms with E-state index < -0.39 is 27.9 Å². The Kier molecular flexibility index (Phi) is 9.77. The van der Waals surface area contributed by atoms with E-state index >= 15 is 0 Å². The van der Waals surface area contributed by atoms with Gasteiger partial charge in [0.05, 0.1) is 5.75 Å². The number of piperidine rings is 1. The summed E-state index contributed by atoms with van der Waals surface area (Å²) in [5.74, 6) is 0.0242. The molecule has 9 heteroatoms. The zero-order valence-electron chi connectivity index (χ0n) is 18.7. The average Bonchev–Trinajstić information content (AvgIpc) is 2.73. The number of likely N-dealkylation sites (tertiary alicyclic amines) is 1. The van der Waals surface area contributed by atoms with Crippen LogP contribution < -0.4 is 10.6 Å². The molecule has 0 aliphatic carbocycles. The van der Waals surface area contributed by atoms with Crippen LogP contribution in [0.5, 0.6) is 0 Å². The Labute approximate surface area is 185 Å². The summed E-state index contributed by atoms with van der Waals surface area (Å²) in [4.78, 5) is 27.3. The number of amides is 2. The molecule has 3 unspecified atom stereocenters. The van der Waals surface area contributed by atoms with Gasteiger partial charge in [-0.1, -0.05) is 37.3 Å². The lowest BCUT2D eigenvalue weighted by molar-refractivity contribution is -0.123. The highest BCUT2D eigenvalue weighted by atomic mass is 32.2. The quantitative estimate of drug-likeness (QED) is 0.561. The molecule has 3 atom stereocenters. The van der Waals surface area contributed by atoms with Crippen molar-refractivity contribution in [2.24, 2.45) is 5.92 Å². The first-order chi connectivity index (χ1) is 14.6. The van der Waals surface area contributed by atoms with Crippen molar-refractivity contribution < 1.29 is 22.7 Å². The smallest absolute Gasteiger partial charge is 0.408 e. The molecule has 1 aliphatic heterocycles. The summed E-state index contributed by atoms with van der Waals surface area (Å²) >= 11 is 0. The summed E-state index contributed by atoms with van der Waals surface area (Å²) in [6, 6.07) is 8.36. The molecule has 0 bridgehead atoms. The van der Waals surface area contributed by atoms with Crippen LogP contribution in [-0.4, -0.2) is 69.0 Å². The third kappa shape index (κ3) is 9.69. The normalized spacial score (nSPS) is 19.3. The van der Waals surface area contributed by atoms with Gasteiger partial charge in [-0.2, -0.15) is 0 Å². The molecular formula is C22H35N3O5S. The van der Waals surface area contributed by atoms with Crippen LogP contribution in [0.25, 0.3) is 0 Å². The van der Waals surface area contributed by atoms with Crippen LogP contribution >= 0.6 is 0 Å². The number of benzene rings is 1. The highest BCUT2D eigenvalue weighted by Gasteiger charge is 2.25. The molecule has 2 N–H and O–H groups in total. The van der Waals surface area contributed by atoms with E-state index in [-0.39, 0.29) is 24.8 Å². The Morgan fingerprint density at radius 2 is 1.97 bits per heavy atom. The topological polar surface area (TPSA) is 105 Å². The van der Waals surface area contributed by atoms with Crippen molar-refractivity contribution in [3.05, 3.63) is 35.9 Å². The van der Waals surface area contributed by atoms with Gasteiger partial charge in [0.25, 0.3) is 0 Å². The van der Waals surface area contributed by atoms with Crippen LogP contribution in [0.3, 0.4) is 0 Å². The number of nitrogens with one attached hydrogen (secondary N) is 2. The number of nitrogens with zero attached hydrogens (tertiary/aromatic N) is 1. The largest absolute Gasteiger partial charge is 0.445 e. The minimum Gasteiger partial charge on any atom is -0.445 e. The van der Waals surface area contributed by atoms with Crippen molar-refractivity contribution in [1.29, 1.82) is 0 Å². The molecular weight excluding hydrogens is 418 g/mol. The van der Waals surface area contributed by atoms with E-state index in [2.05, 4.69) is 29.4 Å². The number of sulfone groups is 1. The van der Waals surface area contributed by atoms with E-state index in [1.807, 2.05) is 30.3 Å². The Bertz CT molecular complexity index is 816. The maximum atomic E-state index is 12.7. The lowest BCUT2D eigenvalue weighted by atomic mass is 9.99. The summed E-state index contributed by atoms with van der Waals surface area (Å²) in [5, 5.41) is 5.38. The molecule has 1 aromatic carbocycles. The van der Waals surface area contributed by atoms with Crippen LogP contribution in [0, 0.1) is 5.92 Å². The molecule has 0 radical (unpaired) electrons. The van der Waals surface area contributed by atoms with Gasteiger partial charge in [-0.3, -0.25) is 9.69 Å². The standard InChI is InChI=1S/C22H35N3O5S/c1-17-8-7-12-25(15-17)18(2)14-23-21(26)20(11-13-31(3,28)29)24-22(27)30-16-19-9-5-4-6-10-19/h4-6,9-10,17-18,20H,7-8,11-16H2,1-3H3,(H,23,26)(H,24,27). The summed E-state index contributed by atoms with van der Waals surface area (Å²) in [5.41, 5.74) is 0.819. The molecule has 2 rings (SSSR count). The first kappa shape index (κ1) is 25.1. The third-order valence-corrected chi connectivity index (χ3v) is 6.46. The molecule has 2 amide bonds. The molecule has 1 saturated heterocycles. The Morgan fingerprint density at radius 1 is 1.26 bits per heavy atom. The molecule has 0 spiro atoms. The molecule has 1 fully saturated rings. The van der Waals surface area contributed by atoms with Crippen molar-refractivity contribution in [3.8, 4) is 0 Å². The first-order valence-electron chi connectivity index (χ1n) is 10.8. The summed E-state index contributed by atoms with van der Waals surface area (Å²) in [6.07, 6.45) is 2.70. The molecule has 1 heterocycles. The highest BCUT2D eigenvalue weighted by Crippen LogP contribution is 2.17. The SMILES string of the molecule is CC1CCCN(C(C)CNC(=O)C(CCS(C)(=O)=O)NC(=O)OCc2ccccc2)C1. The fourth-order valence-electron chi connectivity index (χ4n) is 3.63. The van der Waals surface area contributed by atoms with Gasteiger partial charge in [0, 0.05) is 25.4 Å². The van der Waals surface area contributed by atoms with Crippen molar-refractivity contribution >= 4 is 21.8 Å². The lowest BCUT2D eigenvalue weighted by Gasteiger charge is -2.35. The van der Waals surface area contributed by atoms with Gasteiger partial charge >= 0.3 is 6.09 Å². The van der Waals surface area contributed by atoms with E-state index in [0.29, 0.717) is 12.5 Å². The minimum atomic E-state index is -3.28.